The fourth-order valence-corrected chi connectivity index (χ4v) is 6.54. The van der Waals surface area contributed by atoms with Crippen LogP contribution in [0.4, 0.5) is 5.69 Å². The van der Waals surface area contributed by atoms with Crippen molar-refractivity contribution >= 4 is 33.4 Å². The van der Waals surface area contributed by atoms with Gasteiger partial charge in [0.1, 0.15) is 0 Å². The largest absolute Gasteiger partial charge is 0.310 e. The highest BCUT2D eigenvalue weighted by Gasteiger charge is 2.31. The number of anilines is 1. The summed E-state index contributed by atoms with van der Waals surface area (Å²) in [4.78, 5) is 18.4. The van der Waals surface area contributed by atoms with Crippen LogP contribution in [0.1, 0.15) is 18.9 Å². The molecule has 0 bridgehead atoms. The maximum atomic E-state index is 13.2. The number of thioether (sulfide) groups is 1. The zero-order chi connectivity index (χ0) is 22.7. The van der Waals surface area contributed by atoms with Crippen LogP contribution in [0.5, 0.6) is 0 Å². The number of hydrogen-bond donors (Lipinski definition) is 0. The minimum Gasteiger partial charge on any atom is -0.310 e. The minimum atomic E-state index is -3.61. The lowest BCUT2D eigenvalue weighted by Gasteiger charge is -2.34. The number of nitriles is 1. The Kier molecular flexibility index (Phi) is 6.86. The Morgan fingerprint density at radius 3 is 2.44 bits per heavy atom. The van der Waals surface area contributed by atoms with Crippen LogP contribution in [-0.2, 0) is 14.8 Å². The van der Waals surface area contributed by atoms with E-state index in [1.54, 1.807) is 11.8 Å². The summed E-state index contributed by atoms with van der Waals surface area (Å²) in [5, 5.41) is 9.36. The van der Waals surface area contributed by atoms with E-state index in [1.165, 1.54) is 28.6 Å². The third kappa shape index (κ3) is 4.84. The van der Waals surface area contributed by atoms with Gasteiger partial charge in [-0.05, 0) is 42.8 Å². The van der Waals surface area contributed by atoms with Crippen molar-refractivity contribution in [1.29, 1.82) is 5.26 Å². The first-order valence-electron chi connectivity index (χ1n) is 10.7. The molecule has 9 heteroatoms. The quantitative estimate of drug-likeness (QED) is 0.683. The number of amides is 1. The van der Waals surface area contributed by atoms with E-state index < -0.39 is 10.0 Å². The standard InChI is InChI=1S/C23H26N4O3S2/c1-18-10-11-27(21-4-2-3-5-22(21)31-18)23(28)17-25-12-14-26(15-13-25)32(29,30)20-8-6-19(16-24)7-9-20/h2-9,18H,10-15,17H2,1H3/t18-/m1/s1. The number of para-hydroxylation sites is 1. The Morgan fingerprint density at radius 1 is 1.06 bits per heavy atom. The zero-order valence-corrected chi connectivity index (χ0v) is 19.6. The lowest BCUT2D eigenvalue weighted by Crippen LogP contribution is -2.51. The maximum Gasteiger partial charge on any atom is 0.243 e. The average molecular weight is 471 g/mol. The Labute approximate surface area is 193 Å². The van der Waals surface area contributed by atoms with Crippen LogP contribution < -0.4 is 4.90 Å². The van der Waals surface area contributed by atoms with E-state index in [2.05, 4.69) is 13.0 Å². The number of carbonyl (C=O) groups is 1. The van der Waals surface area contributed by atoms with Crippen molar-refractivity contribution in [3.8, 4) is 6.07 Å². The Balaban J connectivity index is 1.39. The van der Waals surface area contributed by atoms with E-state index in [0.29, 0.717) is 43.5 Å². The molecule has 0 radical (unpaired) electrons. The summed E-state index contributed by atoms with van der Waals surface area (Å²) in [7, 11) is -3.61. The molecule has 4 rings (SSSR count). The van der Waals surface area contributed by atoms with Gasteiger partial charge < -0.3 is 4.90 Å². The van der Waals surface area contributed by atoms with Crippen LogP contribution in [0.25, 0.3) is 0 Å². The molecule has 0 spiro atoms. The summed E-state index contributed by atoms with van der Waals surface area (Å²) in [5.74, 6) is 0.0514. The normalized spacial score (nSPS) is 20.2. The average Bonchev–Trinajstić information content (AvgIpc) is 2.97. The van der Waals surface area contributed by atoms with Gasteiger partial charge in [-0.15, -0.1) is 11.8 Å². The topological polar surface area (TPSA) is 84.7 Å². The van der Waals surface area contributed by atoms with Crippen molar-refractivity contribution in [2.45, 2.75) is 28.4 Å². The molecule has 2 aliphatic rings. The van der Waals surface area contributed by atoms with Crippen molar-refractivity contribution in [3.05, 3.63) is 54.1 Å². The summed E-state index contributed by atoms with van der Waals surface area (Å²) in [5.41, 5.74) is 1.39. The first-order valence-corrected chi connectivity index (χ1v) is 13.0. The Bertz CT molecular complexity index is 1120. The predicted octanol–water partition coefficient (Wildman–Crippen LogP) is 2.78. The van der Waals surface area contributed by atoms with Gasteiger partial charge in [0.25, 0.3) is 0 Å². The number of rotatable bonds is 4. The summed E-state index contributed by atoms with van der Waals surface area (Å²) in [6.45, 7) is 4.82. The van der Waals surface area contributed by atoms with Gasteiger partial charge in [0, 0.05) is 42.9 Å². The number of nitrogens with zero attached hydrogens (tertiary/aromatic N) is 4. The molecule has 168 valence electrons. The highest BCUT2D eigenvalue weighted by Crippen LogP contribution is 2.37. The fraction of sp³-hybridized carbons (Fsp3) is 0.391. The van der Waals surface area contributed by atoms with Gasteiger partial charge in [0.2, 0.25) is 15.9 Å². The van der Waals surface area contributed by atoms with Gasteiger partial charge in [0.05, 0.1) is 28.8 Å². The van der Waals surface area contributed by atoms with Gasteiger partial charge in [-0.25, -0.2) is 8.42 Å². The van der Waals surface area contributed by atoms with Crippen LogP contribution in [0.2, 0.25) is 0 Å². The molecule has 0 aliphatic carbocycles. The van der Waals surface area contributed by atoms with Crippen LogP contribution in [0, 0.1) is 11.3 Å². The molecular formula is C23H26N4O3S2. The van der Waals surface area contributed by atoms with Crippen LogP contribution >= 0.6 is 11.8 Å². The Morgan fingerprint density at radius 2 is 1.75 bits per heavy atom. The van der Waals surface area contributed by atoms with Crippen molar-refractivity contribution in [2.75, 3.05) is 44.2 Å². The maximum absolute atomic E-state index is 13.2. The SMILES string of the molecule is C[C@@H]1CCN(C(=O)CN2CCN(S(=O)(=O)c3ccc(C#N)cc3)CC2)c2ccccc2S1. The van der Waals surface area contributed by atoms with Crippen molar-refractivity contribution in [3.63, 3.8) is 0 Å². The van der Waals surface area contributed by atoms with Gasteiger partial charge >= 0.3 is 0 Å². The highest BCUT2D eigenvalue weighted by molar-refractivity contribution is 8.00. The van der Waals surface area contributed by atoms with Crippen LogP contribution in [0.15, 0.2) is 58.3 Å². The molecule has 1 atom stereocenters. The van der Waals surface area contributed by atoms with Gasteiger partial charge in [0.15, 0.2) is 0 Å². The molecule has 2 heterocycles. The Hall–Kier alpha value is -2.38. The molecule has 0 saturated carbocycles. The molecule has 1 amide bonds. The number of piperazine rings is 1. The van der Waals surface area contributed by atoms with Gasteiger partial charge in [-0.2, -0.15) is 9.57 Å². The molecule has 2 aromatic carbocycles. The van der Waals surface area contributed by atoms with Crippen LogP contribution in [0.3, 0.4) is 0 Å². The zero-order valence-electron chi connectivity index (χ0n) is 18.0. The van der Waals surface area contributed by atoms with E-state index >= 15 is 0 Å². The molecule has 32 heavy (non-hydrogen) atoms. The van der Waals surface area contributed by atoms with Gasteiger partial charge in [-0.3, -0.25) is 9.69 Å². The first kappa shape index (κ1) is 22.8. The fourth-order valence-electron chi connectivity index (χ4n) is 4.00. The van der Waals surface area contributed by atoms with E-state index in [-0.39, 0.29) is 17.3 Å². The second-order valence-corrected chi connectivity index (χ2v) is 11.5. The summed E-state index contributed by atoms with van der Waals surface area (Å²) >= 11 is 1.80. The molecule has 7 nitrogen and oxygen atoms in total. The molecule has 0 N–H and O–H groups in total. The van der Waals surface area contributed by atoms with Gasteiger partial charge in [-0.1, -0.05) is 19.1 Å². The molecule has 1 saturated heterocycles. The molecule has 0 unspecified atom stereocenters. The van der Waals surface area contributed by atoms with Crippen molar-refractivity contribution in [1.82, 2.24) is 9.21 Å². The third-order valence-electron chi connectivity index (χ3n) is 5.86. The lowest BCUT2D eigenvalue weighted by molar-refractivity contribution is -0.120. The smallest absolute Gasteiger partial charge is 0.243 e. The third-order valence-corrected chi connectivity index (χ3v) is 9.01. The number of hydrogen-bond acceptors (Lipinski definition) is 6. The molecule has 1 fully saturated rings. The van der Waals surface area contributed by atoms with E-state index in [1.807, 2.05) is 34.1 Å². The second-order valence-electron chi connectivity index (χ2n) is 8.05. The van der Waals surface area contributed by atoms with E-state index in [9.17, 15) is 13.2 Å². The summed E-state index contributed by atoms with van der Waals surface area (Å²) < 4.78 is 27.3. The predicted molar refractivity (Wildman–Crippen MR) is 125 cm³/mol. The number of benzene rings is 2. The molecule has 2 aliphatic heterocycles. The van der Waals surface area contributed by atoms with Crippen molar-refractivity contribution < 1.29 is 13.2 Å². The summed E-state index contributed by atoms with van der Waals surface area (Å²) in [6, 6.07) is 16.0. The van der Waals surface area contributed by atoms with Crippen molar-refractivity contribution in [2.24, 2.45) is 0 Å². The van der Waals surface area contributed by atoms with E-state index in [0.717, 1.165) is 17.0 Å². The molecule has 0 aromatic heterocycles. The number of carbonyl (C=O) groups excluding carboxylic acids is 1. The van der Waals surface area contributed by atoms with E-state index in [4.69, 9.17) is 5.26 Å². The second kappa shape index (κ2) is 9.63. The number of fused-ring (bicyclic) bond motifs is 1. The lowest BCUT2D eigenvalue weighted by atomic mass is 10.2. The minimum absolute atomic E-state index is 0.0514. The monoisotopic (exact) mass is 470 g/mol. The molecule has 2 aromatic rings. The summed E-state index contributed by atoms with van der Waals surface area (Å²) in [6.07, 6.45) is 0.932. The number of sulfonamides is 1. The highest BCUT2D eigenvalue weighted by atomic mass is 32.2. The van der Waals surface area contributed by atoms with Crippen LogP contribution in [-0.4, -0.2) is 68.0 Å². The molecular weight excluding hydrogens is 444 g/mol. The first-order chi connectivity index (χ1) is 15.4.